The fourth-order valence-corrected chi connectivity index (χ4v) is 7.53. The van der Waals surface area contributed by atoms with Gasteiger partial charge in [-0.25, -0.2) is 13.1 Å². The first-order chi connectivity index (χ1) is 18.1. The maximum atomic E-state index is 13.3. The molecule has 2 aromatic heterocycles. The van der Waals surface area contributed by atoms with Crippen LogP contribution in [0.15, 0.2) is 53.1 Å². The van der Waals surface area contributed by atoms with E-state index in [1.807, 2.05) is 0 Å². The fourth-order valence-electron chi connectivity index (χ4n) is 4.50. The number of hydrogen-bond acceptors (Lipinski definition) is 8. The van der Waals surface area contributed by atoms with Gasteiger partial charge in [0, 0.05) is 49.6 Å². The number of ether oxygens (including phenoxy) is 1. The highest BCUT2D eigenvalue weighted by Gasteiger charge is 2.37. The van der Waals surface area contributed by atoms with Crippen LogP contribution in [0.3, 0.4) is 0 Å². The summed E-state index contributed by atoms with van der Waals surface area (Å²) in [6, 6.07) is 8.55. The predicted octanol–water partition coefficient (Wildman–Crippen LogP) is 3.41. The number of amides is 1. The van der Waals surface area contributed by atoms with Crippen LogP contribution in [0.5, 0.6) is 5.75 Å². The van der Waals surface area contributed by atoms with E-state index in [1.165, 1.54) is 30.1 Å². The van der Waals surface area contributed by atoms with E-state index in [-0.39, 0.29) is 16.7 Å². The second kappa shape index (κ2) is 10.7. The molecule has 0 saturated heterocycles. The Hall–Kier alpha value is -2.93. The number of nitrogens with one attached hydrogen (secondary N) is 1. The van der Waals surface area contributed by atoms with Gasteiger partial charge in [-0.05, 0) is 44.7 Å². The van der Waals surface area contributed by atoms with Crippen molar-refractivity contribution >= 4 is 38.9 Å². The highest BCUT2D eigenvalue weighted by Crippen LogP contribution is 2.36. The minimum Gasteiger partial charge on any atom is -0.493 e. The number of thiophene rings is 1. The number of halogens is 1. The Bertz CT molecular complexity index is 1470. The largest absolute Gasteiger partial charge is 0.493 e. The maximum Gasteiger partial charge on any atom is 0.274 e. The molecule has 1 amide bonds. The van der Waals surface area contributed by atoms with Crippen LogP contribution in [-0.2, 0) is 27.8 Å². The molecule has 0 radical (unpaired) electrons. The topological polar surface area (TPSA) is 110 Å². The number of nitrogens with zero attached hydrogens (tertiary/aromatic N) is 5. The molecular formula is C25H29ClN6O4S2. The summed E-state index contributed by atoms with van der Waals surface area (Å²) < 4.78 is 35.7. The molecule has 2 atom stereocenters. The van der Waals surface area contributed by atoms with E-state index < -0.39 is 22.0 Å². The van der Waals surface area contributed by atoms with Crippen LogP contribution in [0, 0.1) is 0 Å². The Balaban J connectivity index is 1.36. The summed E-state index contributed by atoms with van der Waals surface area (Å²) in [5.74, 6) is 0.389. The Labute approximate surface area is 230 Å². The zero-order chi connectivity index (χ0) is 27.0. The van der Waals surface area contributed by atoms with Crippen LogP contribution in [0.1, 0.15) is 43.1 Å². The zero-order valence-electron chi connectivity index (χ0n) is 21.2. The molecule has 10 nitrogen and oxygen atoms in total. The van der Waals surface area contributed by atoms with Crippen LogP contribution >= 0.6 is 22.9 Å². The average Bonchev–Trinajstić information content (AvgIpc) is 3.54. The number of hydrogen-bond donors (Lipinski definition) is 1. The number of rotatable bonds is 8. The van der Waals surface area contributed by atoms with Gasteiger partial charge >= 0.3 is 0 Å². The summed E-state index contributed by atoms with van der Waals surface area (Å²) >= 11 is 6.91. The second-order valence-corrected chi connectivity index (χ2v) is 13.4. The van der Waals surface area contributed by atoms with Crippen LogP contribution in [0.25, 0.3) is 0 Å². The summed E-state index contributed by atoms with van der Waals surface area (Å²) in [6.07, 6.45) is 5.22. The molecule has 0 aliphatic carbocycles. The quantitative estimate of drug-likeness (QED) is 0.437. The smallest absolute Gasteiger partial charge is 0.274 e. The molecule has 0 bridgehead atoms. The molecule has 1 N–H and O–H groups in total. The highest BCUT2D eigenvalue weighted by molar-refractivity contribution is 7.91. The van der Waals surface area contributed by atoms with E-state index in [2.05, 4.69) is 59.6 Å². The third kappa shape index (κ3) is 5.31. The van der Waals surface area contributed by atoms with Gasteiger partial charge in [0.05, 0.1) is 22.7 Å². The first-order valence-corrected chi connectivity index (χ1v) is 14.9. The van der Waals surface area contributed by atoms with E-state index in [0.717, 1.165) is 33.5 Å². The molecule has 3 aromatic rings. The Kier molecular flexibility index (Phi) is 7.49. The average molecular weight is 577 g/mol. The summed E-state index contributed by atoms with van der Waals surface area (Å²) in [4.78, 5) is 15.0. The highest BCUT2D eigenvalue weighted by atomic mass is 35.5. The first-order valence-electron chi connectivity index (χ1n) is 12.3. The van der Waals surface area contributed by atoms with Crippen LogP contribution < -0.4 is 10.1 Å². The van der Waals surface area contributed by atoms with Crippen molar-refractivity contribution in [3.63, 3.8) is 0 Å². The molecule has 0 spiro atoms. The second-order valence-electron chi connectivity index (χ2n) is 9.66. The van der Waals surface area contributed by atoms with Crippen LogP contribution in [-0.4, -0.2) is 64.3 Å². The Morgan fingerprint density at radius 1 is 1.29 bits per heavy atom. The predicted molar refractivity (Wildman–Crippen MR) is 144 cm³/mol. The van der Waals surface area contributed by atoms with Gasteiger partial charge in [0.2, 0.25) is 5.91 Å². The van der Waals surface area contributed by atoms with Gasteiger partial charge in [0.25, 0.3) is 10.0 Å². The third-order valence-electron chi connectivity index (χ3n) is 6.82. The number of fused-ring (bicyclic) bond motifs is 1. The molecule has 0 fully saturated rings. The Morgan fingerprint density at radius 2 is 2.11 bits per heavy atom. The number of benzene rings is 1. The molecule has 38 heavy (non-hydrogen) atoms. The number of carbonyl (C=O) groups excluding carboxylic acids is 1. The molecule has 2 aliphatic rings. The summed E-state index contributed by atoms with van der Waals surface area (Å²) in [6.45, 7) is 5.68. The van der Waals surface area contributed by atoms with E-state index in [1.54, 1.807) is 10.9 Å². The van der Waals surface area contributed by atoms with Gasteiger partial charge in [0.1, 0.15) is 16.0 Å². The van der Waals surface area contributed by atoms with E-state index >= 15 is 0 Å². The van der Waals surface area contributed by atoms with Crippen molar-refractivity contribution in [1.82, 2.24) is 29.5 Å². The molecule has 2 unspecified atom stereocenters. The minimum absolute atomic E-state index is 0.0606. The number of aromatic nitrogens is 3. The maximum absolute atomic E-state index is 13.3. The van der Waals surface area contributed by atoms with Gasteiger partial charge in [-0.3, -0.25) is 14.0 Å². The third-order valence-corrected chi connectivity index (χ3v) is 10.3. The van der Waals surface area contributed by atoms with E-state index in [9.17, 15) is 13.2 Å². The van der Waals surface area contributed by atoms with Crippen molar-refractivity contribution in [3.8, 4) is 5.75 Å². The standard InChI is InChI=1S/C25H29ClN6O4S2/c1-16(2)30(3)14-17-4-5-19-20(8-11-36-22(19)12-17)31-15-18(28-29-31)13-21-25(33)27-9-10-32(21)38(34,35)24-7-6-23(26)37-24/h4-7,9-10,12,15-16,20-21H,8,11,13-14H2,1-3H3,(H,27,33). The molecule has 5 rings (SSSR count). The van der Waals surface area contributed by atoms with E-state index in [4.69, 9.17) is 16.3 Å². The van der Waals surface area contributed by atoms with Gasteiger partial charge in [0.15, 0.2) is 0 Å². The molecular weight excluding hydrogens is 548 g/mol. The number of sulfonamides is 1. The van der Waals surface area contributed by atoms with Gasteiger partial charge in [-0.15, -0.1) is 16.4 Å². The van der Waals surface area contributed by atoms with Crippen molar-refractivity contribution in [2.24, 2.45) is 0 Å². The summed E-state index contributed by atoms with van der Waals surface area (Å²) in [7, 11) is -1.88. The lowest BCUT2D eigenvalue weighted by molar-refractivity contribution is -0.124. The molecule has 202 valence electrons. The van der Waals surface area contributed by atoms with E-state index in [0.29, 0.717) is 29.1 Å². The fraction of sp³-hybridized carbons (Fsp3) is 0.400. The summed E-state index contributed by atoms with van der Waals surface area (Å²) in [5, 5.41) is 11.2. The lowest BCUT2D eigenvalue weighted by Crippen LogP contribution is -2.50. The van der Waals surface area contributed by atoms with Gasteiger partial charge < -0.3 is 10.1 Å². The van der Waals surface area contributed by atoms with Crippen molar-refractivity contribution in [2.75, 3.05) is 13.7 Å². The lowest BCUT2D eigenvalue weighted by atomic mass is 9.98. The first kappa shape index (κ1) is 26.7. The van der Waals surface area contributed by atoms with Crippen LogP contribution in [0.4, 0.5) is 0 Å². The monoisotopic (exact) mass is 576 g/mol. The molecule has 0 saturated carbocycles. The normalized spacial score (nSPS) is 19.5. The molecule has 4 heterocycles. The number of carbonyl (C=O) groups is 1. The van der Waals surface area contributed by atoms with Gasteiger partial charge in [-0.2, -0.15) is 0 Å². The summed E-state index contributed by atoms with van der Waals surface area (Å²) in [5.41, 5.74) is 2.69. The molecule has 1 aromatic carbocycles. The minimum atomic E-state index is -3.97. The van der Waals surface area contributed by atoms with Crippen LogP contribution in [0.2, 0.25) is 4.34 Å². The van der Waals surface area contributed by atoms with Crippen molar-refractivity contribution in [1.29, 1.82) is 0 Å². The molecule has 13 heteroatoms. The van der Waals surface area contributed by atoms with Crippen molar-refractivity contribution < 1.29 is 17.9 Å². The van der Waals surface area contributed by atoms with Crippen molar-refractivity contribution in [2.45, 2.75) is 55.6 Å². The van der Waals surface area contributed by atoms with Crippen molar-refractivity contribution in [3.05, 3.63) is 70.1 Å². The Morgan fingerprint density at radius 3 is 2.84 bits per heavy atom. The SMILES string of the molecule is CC(C)N(C)Cc1ccc2c(c1)OCCC2n1cc(CC2C(=O)NC=CN2S(=O)(=O)c2ccc(Cl)s2)nn1. The molecule has 2 aliphatic heterocycles. The zero-order valence-corrected chi connectivity index (χ0v) is 23.6. The lowest BCUT2D eigenvalue weighted by Gasteiger charge is -2.30. The van der Waals surface area contributed by atoms with Gasteiger partial charge in [-0.1, -0.05) is 28.9 Å².